The van der Waals surface area contributed by atoms with Gasteiger partial charge in [-0.05, 0) is 36.1 Å². The molecular formula is C23H32N4O2. The summed E-state index contributed by atoms with van der Waals surface area (Å²) in [7, 11) is 5.27. The Bertz CT molecular complexity index is 758. The summed E-state index contributed by atoms with van der Waals surface area (Å²) in [4.78, 5) is 17.7. The number of carbonyl (C=O) groups excluding carboxylic acids is 1. The van der Waals surface area contributed by atoms with Crippen molar-refractivity contribution in [3.8, 4) is 0 Å². The van der Waals surface area contributed by atoms with Crippen LogP contribution in [0.1, 0.15) is 34.3 Å². The van der Waals surface area contributed by atoms with Crippen LogP contribution in [0.15, 0.2) is 59.6 Å². The second-order valence-corrected chi connectivity index (χ2v) is 6.99. The van der Waals surface area contributed by atoms with Crippen molar-refractivity contribution in [1.82, 2.24) is 15.5 Å². The fraction of sp³-hybridized carbons (Fsp3) is 0.391. The highest BCUT2D eigenvalue weighted by Gasteiger charge is 2.07. The van der Waals surface area contributed by atoms with Crippen LogP contribution in [0.2, 0.25) is 0 Å². The number of carbonyl (C=O) groups is 1. The third-order valence-electron chi connectivity index (χ3n) is 4.41. The summed E-state index contributed by atoms with van der Waals surface area (Å²) in [5.41, 5.74) is 2.99. The summed E-state index contributed by atoms with van der Waals surface area (Å²) in [6, 6.07) is 17.8. The lowest BCUT2D eigenvalue weighted by Gasteiger charge is -2.13. The maximum Gasteiger partial charge on any atom is 0.253 e. The predicted octanol–water partition coefficient (Wildman–Crippen LogP) is 3.05. The van der Waals surface area contributed by atoms with Crippen molar-refractivity contribution in [2.45, 2.75) is 26.0 Å². The zero-order chi connectivity index (χ0) is 20.9. The van der Waals surface area contributed by atoms with Gasteiger partial charge in [0, 0.05) is 46.4 Å². The van der Waals surface area contributed by atoms with E-state index in [4.69, 9.17) is 4.74 Å². The van der Waals surface area contributed by atoms with Crippen molar-refractivity contribution >= 4 is 11.9 Å². The zero-order valence-corrected chi connectivity index (χ0v) is 17.6. The molecule has 0 fully saturated rings. The summed E-state index contributed by atoms with van der Waals surface area (Å²) < 4.78 is 5.70. The Morgan fingerprint density at radius 2 is 1.69 bits per heavy atom. The topological polar surface area (TPSA) is 66.0 Å². The van der Waals surface area contributed by atoms with E-state index in [2.05, 4.69) is 27.8 Å². The normalized spacial score (nSPS) is 11.2. The number of rotatable bonds is 10. The van der Waals surface area contributed by atoms with E-state index in [9.17, 15) is 4.79 Å². The molecule has 6 heteroatoms. The lowest BCUT2D eigenvalue weighted by Crippen LogP contribution is -2.37. The first-order chi connectivity index (χ1) is 14.1. The molecule has 0 saturated heterocycles. The van der Waals surface area contributed by atoms with Gasteiger partial charge < -0.3 is 20.3 Å². The van der Waals surface area contributed by atoms with Crippen molar-refractivity contribution in [3.05, 3.63) is 71.3 Å². The molecule has 0 atom stereocenters. The highest BCUT2D eigenvalue weighted by Crippen LogP contribution is 2.06. The van der Waals surface area contributed by atoms with Crippen LogP contribution in [0.5, 0.6) is 0 Å². The van der Waals surface area contributed by atoms with Crippen molar-refractivity contribution in [1.29, 1.82) is 0 Å². The summed E-state index contributed by atoms with van der Waals surface area (Å²) in [5, 5.41) is 6.61. The van der Waals surface area contributed by atoms with Crippen molar-refractivity contribution in [3.63, 3.8) is 0 Å². The molecule has 0 aliphatic rings. The fourth-order valence-electron chi connectivity index (χ4n) is 2.73. The van der Waals surface area contributed by atoms with E-state index in [1.807, 2.05) is 42.5 Å². The largest absolute Gasteiger partial charge is 0.377 e. The van der Waals surface area contributed by atoms with Gasteiger partial charge in [0.2, 0.25) is 0 Å². The van der Waals surface area contributed by atoms with E-state index in [0.717, 1.165) is 37.5 Å². The van der Waals surface area contributed by atoms with Gasteiger partial charge in [-0.1, -0.05) is 42.5 Å². The van der Waals surface area contributed by atoms with Gasteiger partial charge in [0.05, 0.1) is 6.61 Å². The number of nitrogens with zero attached hydrogens (tertiary/aromatic N) is 2. The molecule has 6 nitrogen and oxygen atoms in total. The van der Waals surface area contributed by atoms with E-state index in [-0.39, 0.29) is 5.91 Å². The SMILES string of the molecule is CN=C(NCCCCOCc1ccccc1)NCc1ccc(C(=O)N(C)C)cc1. The molecule has 0 aliphatic carbocycles. The van der Waals surface area contributed by atoms with Gasteiger partial charge in [0.25, 0.3) is 5.91 Å². The smallest absolute Gasteiger partial charge is 0.253 e. The predicted molar refractivity (Wildman–Crippen MR) is 118 cm³/mol. The number of aliphatic imine (C=N–C) groups is 1. The first kappa shape index (κ1) is 22.4. The van der Waals surface area contributed by atoms with Crippen molar-refractivity contribution < 1.29 is 9.53 Å². The first-order valence-corrected chi connectivity index (χ1v) is 9.97. The Morgan fingerprint density at radius 1 is 0.966 bits per heavy atom. The second-order valence-electron chi connectivity index (χ2n) is 6.99. The average Bonchev–Trinajstić information content (AvgIpc) is 2.75. The average molecular weight is 397 g/mol. The molecule has 0 aromatic heterocycles. The molecule has 2 aromatic carbocycles. The molecule has 0 heterocycles. The minimum Gasteiger partial charge on any atom is -0.377 e. The van der Waals surface area contributed by atoms with Gasteiger partial charge in [-0.3, -0.25) is 9.79 Å². The standard InChI is InChI=1S/C23H32N4O2/c1-24-23(25-15-7-8-16-29-18-20-9-5-4-6-10-20)26-17-19-11-13-21(14-12-19)22(28)27(2)3/h4-6,9-14H,7-8,15-18H2,1-3H3,(H2,24,25,26). The minimum atomic E-state index is 0.00901. The second kappa shape index (κ2) is 12.6. The number of hydrogen-bond acceptors (Lipinski definition) is 3. The van der Waals surface area contributed by atoms with Crippen molar-refractivity contribution in [2.75, 3.05) is 34.3 Å². The van der Waals surface area contributed by atoms with Gasteiger partial charge in [0.15, 0.2) is 5.96 Å². The molecular weight excluding hydrogens is 364 g/mol. The first-order valence-electron chi connectivity index (χ1n) is 9.97. The molecule has 2 N–H and O–H groups in total. The number of amides is 1. The fourth-order valence-corrected chi connectivity index (χ4v) is 2.73. The summed E-state index contributed by atoms with van der Waals surface area (Å²) in [5.74, 6) is 0.776. The van der Waals surface area contributed by atoms with Crippen molar-refractivity contribution in [2.24, 2.45) is 4.99 Å². The van der Waals surface area contributed by atoms with Gasteiger partial charge in [-0.2, -0.15) is 0 Å². The maximum atomic E-state index is 11.9. The summed E-state index contributed by atoms with van der Waals surface area (Å²) in [6.45, 7) is 2.90. The van der Waals surface area contributed by atoms with Gasteiger partial charge >= 0.3 is 0 Å². The number of benzene rings is 2. The molecule has 0 spiro atoms. The lowest BCUT2D eigenvalue weighted by atomic mass is 10.1. The van der Waals surface area contributed by atoms with E-state index in [1.54, 1.807) is 26.0 Å². The quantitative estimate of drug-likeness (QED) is 0.368. The Labute approximate surface area is 174 Å². The van der Waals surface area contributed by atoms with E-state index >= 15 is 0 Å². The van der Waals surface area contributed by atoms with Gasteiger partial charge in [-0.25, -0.2) is 0 Å². The monoisotopic (exact) mass is 396 g/mol. The molecule has 0 radical (unpaired) electrons. The third kappa shape index (κ3) is 8.35. The Morgan fingerprint density at radius 3 is 2.34 bits per heavy atom. The van der Waals surface area contributed by atoms with Crippen LogP contribution in [0, 0.1) is 0 Å². The number of unbranched alkanes of at least 4 members (excludes halogenated alkanes) is 1. The van der Waals surface area contributed by atoms with E-state index < -0.39 is 0 Å². The number of ether oxygens (including phenoxy) is 1. The maximum absolute atomic E-state index is 11.9. The molecule has 156 valence electrons. The summed E-state index contributed by atoms with van der Waals surface area (Å²) >= 11 is 0. The number of hydrogen-bond donors (Lipinski definition) is 2. The van der Waals surface area contributed by atoms with Crippen LogP contribution < -0.4 is 10.6 Å². The van der Waals surface area contributed by atoms with Crippen LogP contribution in [0.4, 0.5) is 0 Å². The van der Waals surface area contributed by atoms with Crippen LogP contribution in [0.25, 0.3) is 0 Å². The molecule has 29 heavy (non-hydrogen) atoms. The van der Waals surface area contributed by atoms with Gasteiger partial charge in [-0.15, -0.1) is 0 Å². The summed E-state index contributed by atoms with van der Waals surface area (Å²) in [6.07, 6.45) is 2.01. The van der Waals surface area contributed by atoms with Crippen LogP contribution in [-0.2, 0) is 17.9 Å². The third-order valence-corrected chi connectivity index (χ3v) is 4.41. The van der Waals surface area contributed by atoms with Crippen LogP contribution >= 0.6 is 0 Å². The van der Waals surface area contributed by atoms with Crippen LogP contribution in [-0.4, -0.2) is 51.1 Å². The number of nitrogens with one attached hydrogen (secondary N) is 2. The highest BCUT2D eigenvalue weighted by atomic mass is 16.5. The highest BCUT2D eigenvalue weighted by molar-refractivity contribution is 5.93. The Balaban J connectivity index is 1.59. The Hall–Kier alpha value is -2.86. The number of guanidine groups is 1. The molecule has 0 aliphatic heterocycles. The molecule has 0 unspecified atom stereocenters. The van der Waals surface area contributed by atoms with Gasteiger partial charge in [0.1, 0.15) is 0 Å². The molecule has 2 rings (SSSR count). The molecule has 1 amide bonds. The molecule has 2 aromatic rings. The van der Waals surface area contributed by atoms with E-state index in [0.29, 0.717) is 18.7 Å². The Kier molecular flexibility index (Phi) is 9.72. The molecule has 0 saturated carbocycles. The molecule has 0 bridgehead atoms. The minimum absolute atomic E-state index is 0.00901. The zero-order valence-electron chi connectivity index (χ0n) is 17.6. The van der Waals surface area contributed by atoms with Crippen LogP contribution in [0.3, 0.4) is 0 Å². The van der Waals surface area contributed by atoms with E-state index in [1.165, 1.54) is 5.56 Å². The lowest BCUT2D eigenvalue weighted by molar-refractivity contribution is 0.0827.